The van der Waals surface area contributed by atoms with Crippen molar-refractivity contribution < 1.29 is 14.3 Å². The van der Waals surface area contributed by atoms with Crippen molar-refractivity contribution in [2.24, 2.45) is 0 Å². The van der Waals surface area contributed by atoms with Gasteiger partial charge in [-0.05, 0) is 24.5 Å². The molecule has 0 aromatic heterocycles. The summed E-state index contributed by atoms with van der Waals surface area (Å²) >= 11 is 0. The molecule has 1 aliphatic rings. The van der Waals surface area contributed by atoms with Gasteiger partial charge >= 0.3 is 5.97 Å². The summed E-state index contributed by atoms with van der Waals surface area (Å²) in [6.45, 7) is -0.0930. The zero-order valence-electron chi connectivity index (χ0n) is 13.3. The molecule has 118 valence electrons. The standard InChI is InChI=1S/C20H20O3/c1-22-16-20(21)23-19-14-10-5-3-2-4-9-13-18(19)15-17-11-7-6-8-12-17/h6-8,11-12,15,19H,2-5,16H2,1H3. The van der Waals surface area contributed by atoms with Crippen LogP contribution in [0.4, 0.5) is 0 Å². The van der Waals surface area contributed by atoms with E-state index in [9.17, 15) is 4.79 Å². The molecule has 1 aromatic rings. The lowest BCUT2D eigenvalue weighted by Gasteiger charge is -2.13. The van der Waals surface area contributed by atoms with Crippen molar-refractivity contribution in [2.45, 2.75) is 31.8 Å². The maximum Gasteiger partial charge on any atom is 0.333 e. The predicted octanol–water partition coefficient (Wildman–Crippen LogP) is 3.21. The van der Waals surface area contributed by atoms with Crippen molar-refractivity contribution in [1.29, 1.82) is 0 Å². The molecule has 0 aliphatic heterocycles. The van der Waals surface area contributed by atoms with Crippen LogP contribution in [-0.2, 0) is 14.3 Å². The highest BCUT2D eigenvalue weighted by Gasteiger charge is 2.16. The van der Waals surface area contributed by atoms with Gasteiger partial charge in [0.2, 0.25) is 0 Å². The second-order valence-corrected chi connectivity index (χ2v) is 5.14. The first-order valence-electron chi connectivity index (χ1n) is 7.72. The molecule has 0 saturated carbocycles. The molecule has 1 aromatic carbocycles. The van der Waals surface area contributed by atoms with Crippen LogP contribution < -0.4 is 0 Å². The molecular weight excluding hydrogens is 288 g/mol. The van der Waals surface area contributed by atoms with Crippen molar-refractivity contribution in [3.63, 3.8) is 0 Å². The lowest BCUT2D eigenvalue weighted by atomic mass is 10.0. The Balaban J connectivity index is 2.31. The van der Waals surface area contributed by atoms with E-state index in [1.54, 1.807) is 0 Å². The third kappa shape index (κ3) is 6.02. The molecule has 0 fully saturated rings. The lowest BCUT2D eigenvalue weighted by molar-refractivity contribution is -0.149. The summed E-state index contributed by atoms with van der Waals surface area (Å²) in [5.74, 6) is 12.0. The Morgan fingerprint density at radius 3 is 2.70 bits per heavy atom. The van der Waals surface area contributed by atoms with Crippen LogP contribution in [0.25, 0.3) is 6.08 Å². The number of carbonyl (C=O) groups excluding carboxylic acids is 1. The van der Waals surface area contributed by atoms with E-state index in [1.165, 1.54) is 7.11 Å². The fourth-order valence-corrected chi connectivity index (χ4v) is 2.12. The molecule has 0 N–H and O–H groups in total. The molecule has 2 rings (SSSR count). The van der Waals surface area contributed by atoms with Gasteiger partial charge in [0.05, 0.1) is 5.57 Å². The lowest BCUT2D eigenvalue weighted by Crippen LogP contribution is -2.21. The maximum absolute atomic E-state index is 11.8. The normalized spacial score (nSPS) is 19.0. The highest BCUT2D eigenvalue weighted by Crippen LogP contribution is 2.14. The molecule has 0 bridgehead atoms. The molecule has 1 aliphatic carbocycles. The Labute approximate surface area is 137 Å². The predicted molar refractivity (Wildman–Crippen MR) is 90.2 cm³/mol. The minimum atomic E-state index is -0.650. The number of rotatable bonds is 4. The summed E-state index contributed by atoms with van der Waals surface area (Å²) in [5, 5.41) is 0. The van der Waals surface area contributed by atoms with Crippen LogP contribution >= 0.6 is 0 Å². The molecule has 23 heavy (non-hydrogen) atoms. The highest BCUT2D eigenvalue weighted by atomic mass is 16.6. The fraction of sp³-hybridized carbons (Fsp3) is 0.350. The average molecular weight is 308 g/mol. The first-order chi connectivity index (χ1) is 11.3. The van der Waals surface area contributed by atoms with Crippen LogP contribution in [0, 0.1) is 23.7 Å². The summed E-state index contributed by atoms with van der Waals surface area (Å²) in [6, 6.07) is 9.83. The van der Waals surface area contributed by atoms with Crippen molar-refractivity contribution in [1.82, 2.24) is 0 Å². The van der Waals surface area contributed by atoms with E-state index in [0.717, 1.165) is 31.2 Å². The Morgan fingerprint density at radius 1 is 1.22 bits per heavy atom. The number of hydrogen-bond acceptors (Lipinski definition) is 3. The Morgan fingerprint density at radius 2 is 1.96 bits per heavy atom. The number of esters is 1. The van der Waals surface area contributed by atoms with Crippen LogP contribution in [0.15, 0.2) is 35.9 Å². The van der Waals surface area contributed by atoms with E-state index in [4.69, 9.17) is 9.47 Å². The SMILES string of the molecule is COCC(=O)OC1C#CCCCCC#CC1=Cc1ccccc1. The molecule has 3 heteroatoms. The minimum absolute atomic E-state index is 0.0930. The Kier molecular flexibility index (Phi) is 6.98. The number of benzene rings is 1. The van der Waals surface area contributed by atoms with E-state index in [2.05, 4.69) is 23.7 Å². The highest BCUT2D eigenvalue weighted by molar-refractivity contribution is 5.72. The van der Waals surface area contributed by atoms with E-state index in [-0.39, 0.29) is 6.61 Å². The molecule has 0 spiro atoms. The molecular formula is C20H20O3. The van der Waals surface area contributed by atoms with Crippen LogP contribution in [0.1, 0.15) is 31.2 Å². The largest absolute Gasteiger partial charge is 0.442 e. The van der Waals surface area contributed by atoms with Gasteiger partial charge in [0.25, 0.3) is 0 Å². The third-order valence-electron chi connectivity index (χ3n) is 3.24. The second-order valence-electron chi connectivity index (χ2n) is 5.14. The molecule has 0 saturated heterocycles. The van der Waals surface area contributed by atoms with Gasteiger partial charge in [-0.15, -0.1) is 0 Å². The molecule has 1 atom stereocenters. The number of carbonyl (C=O) groups is 1. The fourth-order valence-electron chi connectivity index (χ4n) is 2.12. The Bertz CT molecular complexity index is 666. The summed E-state index contributed by atoms with van der Waals surface area (Å²) < 4.78 is 10.3. The number of methoxy groups -OCH3 is 1. The van der Waals surface area contributed by atoms with Crippen LogP contribution in [0.2, 0.25) is 0 Å². The van der Waals surface area contributed by atoms with E-state index < -0.39 is 12.1 Å². The molecule has 0 amide bonds. The maximum atomic E-state index is 11.8. The van der Waals surface area contributed by atoms with Crippen LogP contribution in [0.5, 0.6) is 0 Å². The topological polar surface area (TPSA) is 35.5 Å². The van der Waals surface area contributed by atoms with Crippen molar-refractivity contribution in [3.05, 3.63) is 41.5 Å². The third-order valence-corrected chi connectivity index (χ3v) is 3.24. The molecule has 0 heterocycles. The molecule has 3 nitrogen and oxygen atoms in total. The van der Waals surface area contributed by atoms with E-state index in [0.29, 0.717) is 5.57 Å². The van der Waals surface area contributed by atoms with E-state index >= 15 is 0 Å². The van der Waals surface area contributed by atoms with Crippen molar-refractivity contribution in [2.75, 3.05) is 13.7 Å². The van der Waals surface area contributed by atoms with Gasteiger partial charge < -0.3 is 9.47 Å². The van der Waals surface area contributed by atoms with Crippen LogP contribution in [0.3, 0.4) is 0 Å². The monoisotopic (exact) mass is 308 g/mol. The molecule has 0 radical (unpaired) electrons. The minimum Gasteiger partial charge on any atom is -0.442 e. The van der Waals surface area contributed by atoms with Gasteiger partial charge in [-0.25, -0.2) is 4.79 Å². The van der Waals surface area contributed by atoms with Gasteiger partial charge in [-0.1, -0.05) is 54.0 Å². The zero-order valence-corrected chi connectivity index (χ0v) is 13.3. The average Bonchev–Trinajstić information content (AvgIpc) is 2.56. The van der Waals surface area contributed by atoms with Gasteiger partial charge in [-0.2, -0.15) is 0 Å². The number of ether oxygens (including phenoxy) is 2. The van der Waals surface area contributed by atoms with Crippen molar-refractivity contribution >= 4 is 12.0 Å². The smallest absolute Gasteiger partial charge is 0.333 e. The first-order valence-corrected chi connectivity index (χ1v) is 7.72. The number of hydrogen-bond donors (Lipinski definition) is 0. The Hall–Kier alpha value is -2.49. The van der Waals surface area contributed by atoms with Crippen LogP contribution in [-0.4, -0.2) is 25.8 Å². The van der Waals surface area contributed by atoms with Gasteiger partial charge in [0.1, 0.15) is 6.61 Å². The van der Waals surface area contributed by atoms with E-state index in [1.807, 2.05) is 36.4 Å². The van der Waals surface area contributed by atoms with Gasteiger partial charge in [0.15, 0.2) is 6.10 Å². The summed E-state index contributed by atoms with van der Waals surface area (Å²) in [6.07, 6.45) is 4.94. The second kappa shape index (κ2) is 9.51. The summed E-state index contributed by atoms with van der Waals surface area (Å²) in [5.41, 5.74) is 1.71. The summed E-state index contributed by atoms with van der Waals surface area (Å²) in [4.78, 5) is 11.8. The van der Waals surface area contributed by atoms with Crippen molar-refractivity contribution in [3.8, 4) is 23.7 Å². The summed E-state index contributed by atoms with van der Waals surface area (Å²) in [7, 11) is 1.46. The molecule has 1 unspecified atom stereocenters. The quantitative estimate of drug-likeness (QED) is 0.633. The van der Waals surface area contributed by atoms with Gasteiger partial charge in [0, 0.05) is 20.0 Å². The first kappa shape index (κ1) is 16.9. The van der Waals surface area contributed by atoms with Gasteiger partial charge in [-0.3, -0.25) is 0 Å². The zero-order chi connectivity index (χ0) is 16.3.